The summed E-state index contributed by atoms with van der Waals surface area (Å²) in [5.41, 5.74) is 11.2. The number of nitrogens with two attached hydrogens (primary N) is 1. The molecule has 4 N–H and O–H groups in total. The van der Waals surface area contributed by atoms with Crippen molar-refractivity contribution in [1.29, 1.82) is 5.41 Å². The first-order valence-electron chi connectivity index (χ1n) is 8.99. The summed E-state index contributed by atoms with van der Waals surface area (Å²) in [6.45, 7) is 0. The van der Waals surface area contributed by atoms with E-state index in [1.165, 1.54) is 0 Å². The maximum atomic E-state index is 11.7. The number of nitrogens with zero attached hydrogens (tertiary/aromatic N) is 2. The maximum absolute atomic E-state index is 11.7. The fourth-order valence-electron chi connectivity index (χ4n) is 2.88. The summed E-state index contributed by atoms with van der Waals surface area (Å²) in [7, 11) is 1.81. The molecule has 29 heavy (non-hydrogen) atoms. The number of nitrogen functional groups attached to an aromatic ring is 1. The molecule has 0 radical (unpaired) electrons. The number of allylic oxidation sites excluding steroid dienone is 2. The number of rotatable bonds is 7. The molecule has 6 nitrogen and oxygen atoms in total. The first kappa shape index (κ1) is 19.7. The maximum Gasteiger partial charge on any atom is 0.150 e. The molecular formula is C23H21N5O. The van der Waals surface area contributed by atoms with E-state index in [9.17, 15) is 4.79 Å². The van der Waals surface area contributed by atoms with Gasteiger partial charge in [0.15, 0.2) is 6.29 Å². The summed E-state index contributed by atoms with van der Waals surface area (Å²) in [4.78, 5) is 19.8. The van der Waals surface area contributed by atoms with Gasteiger partial charge in [0.05, 0.1) is 17.6 Å². The number of aromatic nitrogens is 2. The van der Waals surface area contributed by atoms with Crippen molar-refractivity contribution < 1.29 is 4.79 Å². The highest BCUT2D eigenvalue weighted by Crippen LogP contribution is 2.25. The van der Waals surface area contributed by atoms with Gasteiger partial charge < -0.3 is 16.5 Å². The second-order valence-corrected chi connectivity index (χ2v) is 6.24. The van der Waals surface area contributed by atoms with E-state index < -0.39 is 0 Å². The predicted molar refractivity (Wildman–Crippen MR) is 119 cm³/mol. The second kappa shape index (κ2) is 9.23. The van der Waals surface area contributed by atoms with E-state index in [2.05, 4.69) is 15.3 Å². The second-order valence-electron chi connectivity index (χ2n) is 6.24. The molecule has 1 aromatic heterocycles. The van der Waals surface area contributed by atoms with Gasteiger partial charge in [0, 0.05) is 47.5 Å². The van der Waals surface area contributed by atoms with Crippen LogP contribution < -0.4 is 11.1 Å². The number of carbonyl (C=O) groups is 1. The summed E-state index contributed by atoms with van der Waals surface area (Å²) >= 11 is 0. The van der Waals surface area contributed by atoms with Gasteiger partial charge in [0.2, 0.25) is 0 Å². The van der Waals surface area contributed by atoms with Gasteiger partial charge in [-0.15, -0.1) is 0 Å². The van der Waals surface area contributed by atoms with Crippen LogP contribution in [0.4, 0.5) is 11.4 Å². The summed E-state index contributed by atoms with van der Waals surface area (Å²) in [5.74, 6) is 0. The lowest BCUT2D eigenvalue weighted by atomic mass is 9.99. The van der Waals surface area contributed by atoms with Crippen LogP contribution in [0.5, 0.6) is 0 Å². The van der Waals surface area contributed by atoms with E-state index in [-0.39, 0.29) is 5.71 Å². The van der Waals surface area contributed by atoms with E-state index >= 15 is 0 Å². The molecule has 0 amide bonds. The zero-order chi connectivity index (χ0) is 20.6. The Kier molecular flexibility index (Phi) is 6.27. The predicted octanol–water partition coefficient (Wildman–Crippen LogP) is 3.92. The molecule has 2 aromatic carbocycles. The van der Waals surface area contributed by atoms with E-state index in [0.717, 1.165) is 23.1 Å². The Bertz CT molecular complexity index is 1090. The van der Waals surface area contributed by atoms with Gasteiger partial charge in [-0.2, -0.15) is 0 Å². The van der Waals surface area contributed by atoms with Crippen LogP contribution in [-0.4, -0.2) is 29.0 Å². The van der Waals surface area contributed by atoms with Gasteiger partial charge in [-0.05, 0) is 35.9 Å². The van der Waals surface area contributed by atoms with Gasteiger partial charge >= 0.3 is 0 Å². The Morgan fingerprint density at radius 2 is 1.97 bits per heavy atom. The highest BCUT2D eigenvalue weighted by molar-refractivity contribution is 6.16. The first-order chi connectivity index (χ1) is 14.1. The van der Waals surface area contributed by atoms with Crippen LogP contribution >= 0.6 is 0 Å². The molecule has 0 saturated carbocycles. The lowest BCUT2D eigenvalue weighted by Crippen LogP contribution is -2.01. The number of para-hydroxylation sites is 1. The standard InChI is InChI=1S/C23H21N5O/c1-26-23-5-3-2-4-19(23)17(15-29)12-16-6-8-20(22(25)13-16)21(24)9-7-18-14-27-10-11-28-18/h2-15,24,26H,25H2,1H3/b9-7+,17-12-,24-21?. The van der Waals surface area contributed by atoms with Gasteiger partial charge in [-0.1, -0.05) is 30.3 Å². The Hall–Kier alpha value is -4.06. The third kappa shape index (κ3) is 4.81. The number of hydrogen-bond acceptors (Lipinski definition) is 6. The quantitative estimate of drug-likeness (QED) is 0.189. The van der Waals surface area contributed by atoms with Crippen LogP contribution in [0.15, 0.2) is 67.1 Å². The third-order valence-corrected chi connectivity index (χ3v) is 4.33. The Balaban J connectivity index is 1.86. The molecule has 3 rings (SSSR count). The van der Waals surface area contributed by atoms with Crippen LogP contribution in [-0.2, 0) is 4.79 Å². The number of anilines is 2. The van der Waals surface area contributed by atoms with Crippen molar-refractivity contribution >= 4 is 41.1 Å². The van der Waals surface area contributed by atoms with E-state index in [0.29, 0.717) is 22.5 Å². The molecule has 0 aliphatic carbocycles. The monoisotopic (exact) mass is 383 g/mol. The molecule has 0 fully saturated rings. The van der Waals surface area contributed by atoms with Crippen molar-refractivity contribution in [1.82, 2.24) is 9.97 Å². The number of nitrogens with one attached hydrogen (secondary N) is 2. The third-order valence-electron chi connectivity index (χ3n) is 4.33. The van der Waals surface area contributed by atoms with Crippen molar-refractivity contribution in [3.8, 4) is 0 Å². The number of carbonyl (C=O) groups excluding carboxylic acids is 1. The van der Waals surface area contributed by atoms with E-state index in [1.807, 2.05) is 37.4 Å². The minimum Gasteiger partial charge on any atom is -0.398 e. The molecule has 3 aromatic rings. The molecule has 144 valence electrons. The van der Waals surface area contributed by atoms with Crippen molar-refractivity contribution in [2.45, 2.75) is 0 Å². The molecule has 0 spiro atoms. The average molecular weight is 383 g/mol. The van der Waals surface area contributed by atoms with Gasteiger partial charge in [-0.3, -0.25) is 14.8 Å². The molecule has 0 aliphatic rings. The minimum absolute atomic E-state index is 0.264. The normalized spacial score (nSPS) is 11.4. The highest BCUT2D eigenvalue weighted by Gasteiger charge is 2.08. The van der Waals surface area contributed by atoms with E-state index in [1.54, 1.807) is 49.0 Å². The molecule has 0 saturated heterocycles. The number of hydrogen-bond donors (Lipinski definition) is 3. The first-order valence-corrected chi connectivity index (χ1v) is 8.99. The van der Waals surface area contributed by atoms with Crippen molar-refractivity contribution in [3.63, 3.8) is 0 Å². The van der Waals surface area contributed by atoms with Crippen molar-refractivity contribution in [2.75, 3.05) is 18.1 Å². The summed E-state index contributed by atoms with van der Waals surface area (Å²) in [5, 5.41) is 11.4. The van der Waals surface area contributed by atoms with E-state index in [4.69, 9.17) is 11.1 Å². The van der Waals surface area contributed by atoms with Gasteiger partial charge in [-0.25, -0.2) is 0 Å². The molecular weight excluding hydrogens is 362 g/mol. The Morgan fingerprint density at radius 1 is 1.14 bits per heavy atom. The van der Waals surface area contributed by atoms with Crippen molar-refractivity contribution in [2.24, 2.45) is 0 Å². The molecule has 0 aliphatic heterocycles. The van der Waals surface area contributed by atoms with Crippen LogP contribution in [0.2, 0.25) is 0 Å². The fourth-order valence-corrected chi connectivity index (χ4v) is 2.88. The fraction of sp³-hybridized carbons (Fsp3) is 0.0435. The Labute approximate surface area is 169 Å². The summed E-state index contributed by atoms with van der Waals surface area (Å²) in [6, 6.07) is 13.0. The lowest BCUT2D eigenvalue weighted by molar-refractivity contribution is -0.103. The van der Waals surface area contributed by atoms with Crippen LogP contribution in [0.25, 0.3) is 17.7 Å². The van der Waals surface area contributed by atoms with Gasteiger partial charge in [0.1, 0.15) is 0 Å². The number of aldehydes is 1. The summed E-state index contributed by atoms with van der Waals surface area (Å²) in [6.07, 6.45) is 10.7. The zero-order valence-corrected chi connectivity index (χ0v) is 16.0. The smallest absolute Gasteiger partial charge is 0.150 e. The zero-order valence-electron chi connectivity index (χ0n) is 16.0. The highest BCUT2D eigenvalue weighted by atomic mass is 16.1. The Morgan fingerprint density at radius 3 is 2.66 bits per heavy atom. The molecule has 0 unspecified atom stereocenters. The molecule has 0 bridgehead atoms. The lowest BCUT2D eigenvalue weighted by Gasteiger charge is -2.09. The van der Waals surface area contributed by atoms with Crippen LogP contribution in [0, 0.1) is 5.41 Å². The summed E-state index contributed by atoms with van der Waals surface area (Å²) < 4.78 is 0. The SMILES string of the molecule is CNc1ccccc1/C(C=O)=C\c1ccc(C(=N)/C=C/c2cnccn2)c(N)c1. The van der Waals surface area contributed by atoms with Crippen LogP contribution in [0.1, 0.15) is 22.4 Å². The molecule has 0 atom stereocenters. The molecule has 1 heterocycles. The molecule has 6 heteroatoms. The van der Waals surface area contributed by atoms with Gasteiger partial charge in [0.25, 0.3) is 0 Å². The van der Waals surface area contributed by atoms with Crippen LogP contribution in [0.3, 0.4) is 0 Å². The van der Waals surface area contributed by atoms with Crippen molar-refractivity contribution in [3.05, 3.63) is 89.5 Å². The minimum atomic E-state index is 0.264. The average Bonchev–Trinajstić information content (AvgIpc) is 2.76. The topological polar surface area (TPSA) is 105 Å². The largest absolute Gasteiger partial charge is 0.398 e. The number of benzene rings is 2.